The van der Waals surface area contributed by atoms with E-state index in [-0.39, 0.29) is 22.4 Å². The molecule has 0 saturated heterocycles. The van der Waals surface area contributed by atoms with Gasteiger partial charge in [0.25, 0.3) is 11.4 Å². The van der Waals surface area contributed by atoms with E-state index < -0.39 is 21.5 Å². The molecular weight excluding hydrogens is 332 g/mol. The minimum Gasteiger partial charge on any atom is -0.307 e. The van der Waals surface area contributed by atoms with E-state index in [0.29, 0.717) is 12.6 Å². The van der Waals surface area contributed by atoms with Gasteiger partial charge in [-0.1, -0.05) is 30.3 Å². The Morgan fingerprint density at radius 1 is 0.880 bits per heavy atom. The van der Waals surface area contributed by atoms with Gasteiger partial charge in [-0.25, -0.2) is 0 Å². The molecule has 0 bridgehead atoms. The summed E-state index contributed by atoms with van der Waals surface area (Å²) in [6.45, 7) is 2.00. The van der Waals surface area contributed by atoms with E-state index in [4.69, 9.17) is 4.79 Å². The number of carbonyl (C=O) groups excluding carboxylic acids is 3. The Kier molecular flexibility index (Phi) is 6.77. The Bertz CT molecular complexity index is 820. The van der Waals surface area contributed by atoms with E-state index in [1.165, 1.54) is 42.5 Å². The predicted octanol–water partition coefficient (Wildman–Crippen LogP) is 2.46. The predicted molar refractivity (Wildman–Crippen MR) is 86.6 cm³/mol. The smallest absolute Gasteiger partial charge is 0.284 e. The summed E-state index contributed by atoms with van der Waals surface area (Å²) in [5, 5.41) is 22.4. The van der Waals surface area contributed by atoms with Crippen LogP contribution in [0.25, 0.3) is 0 Å². The molecule has 0 spiro atoms. The van der Waals surface area contributed by atoms with Crippen molar-refractivity contribution in [2.45, 2.75) is 5.92 Å². The van der Waals surface area contributed by atoms with Crippen LogP contribution in [0.2, 0.25) is 0 Å². The quantitative estimate of drug-likeness (QED) is 0.445. The average molecular weight is 344 g/mol. The van der Waals surface area contributed by atoms with E-state index in [2.05, 4.69) is 0 Å². The van der Waals surface area contributed by atoms with Gasteiger partial charge in [-0.05, 0) is 6.07 Å². The van der Waals surface area contributed by atoms with Gasteiger partial charge in [0.15, 0.2) is 6.29 Å². The van der Waals surface area contributed by atoms with Crippen LogP contribution < -0.4 is 0 Å². The zero-order chi connectivity index (χ0) is 19.0. The first-order valence-electron chi connectivity index (χ1n) is 6.71. The summed E-state index contributed by atoms with van der Waals surface area (Å²) in [5.41, 5.74) is -1.09. The number of para-hydroxylation sites is 2. The summed E-state index contributed by atoms with van der Waals surface area (Å²) < 4.78 is 0. The number of nitro groups is 2. The van der Waals surface area contributed by atoms with Gasteiger partial charge in [0.2, 0.25) is 0 Å². The molecule has 0 aliphatic carbocycles. The third-order valence-corrected chi connectivity index (χ3v) is 3.35. The Balaban J connectivity index is 0.00000151. The second-order valence-electron chi connectivity index (χ2n) is 4.59. The van der Waals surface area contributed by atoms with Gasteiger partial charge in [0.05, 0.1) is 21.3 Å². The summed E-state index contributed by atoms with van der Waals surface area (Å²) in [7, 11) is 0. The summed E-state index contributed by atoms with van der Waals surface area (Å²) in [5.74, 6) is -1.23. The summed E-state index contributed by atoms with van der Waals surface area (Å²) in [4.78, 5) is 51.5. The van der Waals surface area contributed by atoms with E-state index in [1.807, 2.05) is 6.79 Å². The lowest BCUT2D eigenvalue weighted by Gasteiger charge is -2.12. The first-order chi connectivity index (χ1) is 12.0. The van der Waals surface area contributed by atoms with Crippen LogP contribution in [0, 0.1) is 20.2 Å². The number of rotatable bonds is 6. The molecule has 0 aromatic heterocycles. The van der Waals surface area contributed by atoms with Crippen molar-refractivity contribution < 1.29 is 24.2 Å². The zero-order valence-electron chi connectivity index (χ0n) is 12.7. The fraction of sp³-hybridized carbons (Fsp3) is 0.0625. The number of nitrogens with zero attached hydrogens (tertiary/aromatic N) is 2. The van der Waals surface area contributed by atoms with E-state index in [0.717, 1.165) is 0 Å². The van der Waals surface area contributed by atoms with Crippen LogP contribution in [-0.4, -0.2) is 29.2 Å². The number of aldehydes is 2. The van der Waals surface area contributed by atoms with E-state index in [9.17, 15) is 29.8 Å². The molecule has 1 unspecified atom stereocenters. The lowest BCUT2D eigenvalue weighted by atomic mass is 9.89. The van der Waals surface area contributed by atoms with Crippen molar-refractivity contribution in [3.05, 3.63) is 79.4 Å². The molecule has 2 rings (SSSR count). The second kappa shape index (κ2) is 8.77. The molecule has 0 amide bonds. The molecule has 2 aromatic carbocycles. The van der Waals surface area contributed by atoms with Crippen LogP contribution in [0.15, 0.2) is 42.5 Å². The molecule has 0 fully saturated rings. The van der Waals surface area contributed by atoms with Crippen LogP contribution in [0.3, 0.4) is 0 Å². The highest BCUT2D eigenvalue weighted by Gasteiger charge is 2.30. The van der Waals surface area contributed by atoms with Crippen LogP contribution in [0.1, 0.15) is 27.4 Å². The summed E-state index contributed by atoms with van der Waals surface area (Å²) in [6, 6.07) is 9.43. The van der Waals surface area contributed by atoms with Gasteiger partial charge in [-0.3, -0.25) is 25.0 Å². The van der Waals surface area contributed by atoms with Crippen molar-refractivity contribution >= 4 is 30.7 Å². The third-order valence-electron chi connectivity index (χ3n) is 3.35. The van der Waals surface area contributed by atoms with Gasteiger partial charge in [0, 0.05) is 17.2 Å². The topological polar surface area (TPSA) is 137 Å². The maximum Gasteiger partial charge on any atom is 0.284 e. The van der Waals surface area contributed by atoms with Crippen molar-refractivity contribution in [3.63, 3.8) is 0 Å². The van der Waals surface area contributed by atoms with Crippen molar-refractivity contribution in [1.29, 1.82) is 0 Å². The Morgan fingerprint density at radius 2 is 1.48 bits per heavy atom. The minimum atomic E-state index is -1.23. The maximum atomic E-state index is 11.5. The molecule has 2 aromatic rings. The van der Waals surface area contributed by atoms with Crippen molar-refractivity contribution in [2.75, 3.05) is 0 Å². The molecular formula is C16H12N2O7. The fourth-order valence-electron chi connectivity index (χ4n) is 2.37. The molecule has 9 nitrogen and oxygen atoms in total. The van der Waals surface area contributed by atoms with Crippen LogP contribution >= 0.6 is 0 Å². The van der Waals surface area contributed by atoms with Gasteiger partial charge < -0.3 is 9.59 Å². The SMILES string of the molecule is C=O.O=Cc1cccc(C(C=O)c2ccccc2[N+](=O)[O-])c1[N+](=O)[O-]. The Morgan fingerprint density at radius 3 is 2.00 bits per heavy atom. The fourth-order valence-corrected chi connectivity index (χ4v) is 2.37. The standard InChI is InChI=1S/C15H10N2O6.CH2O/c18-8-10-4-3-6-12(15(10)17(22)23)13(9-19)11-5-1-2-7-14(11)16(20)21;1-2/h1-9,13H;1H2. The lowest BCUT2D eigenvalue weighted by Crippen LogP contribution is -2.10. The number of benzene rings is 2. The Hall–Kier alpha value is -3.75. The maximum absolute atomic E-state index is 11.5. The molecule has 1 atom stereocenters. The highest BCUT2D eigenvalue weighted by atomic mass is 16.6. The third kappa shape index (κ3) is 3.96. The molecule has 128 valence electrons. The molecule has 0 aliphatic rings. The monoisotopic (exact) mass is 344 g/mol. The zero-order valence-corrected chi connectivity index (χ0v) is 12.7. The number of carbonyl (C=O) groups is 3. The highest BCUT2D eigenvalue weighted by molar-refractivity contribution is 5.85. The first kappa shape index (κ1) is 19.3. The number of nitro benzene ring substituents is 2. The first-order valence-corrected chi connectivity index (χ1v) is 6.71. The summed E-state index contributed by atoms with van der Waals surface area (Å²) in [6.07, 6.45) is 0.697. The number of hydrogen-bond donors (Lipinski definition) is 0. The van der Waals surface area contributed by atoms with E-state index in [1.54, 1.807) is 0 Å². The van der Waals surface area contributed by atoms with Gasteiger partial charge >= 0.3 is 0 Å². The van der Waals surface area contributed by atoms with Crippen molar-refractivity contribution in [2.24, 2.45) is 0 Å². The molecule has 0 N–H and O–H groups in total. The number of hydrogen-bond acceptors (Lipinski definition) is 7. The molecule has 0 aliphatic heterocycles. The van der Waals surface area contributed by atoms with E-state index >= 15 is 0 Å². The molecule has 9 heteroatoms. The second-order valence-corrected chi connectivity index (χ2v) is 4.59. The van der Waals surface area contributed by atoms with Gasteiger partial charge in [0.1, 0.15) is 13.1 Å². The normalized spacial score (nSPS) is 10.7. The van der Waals surface area contributed by atoms with Gasteiger partial charge in [-0.15, -0.1) is 0 Å². The summed E-state index contributed by atoms with van der Waals surface area (Å²) >= 11 is 0. The highest BCUT2D eigenvalue weighted by Crippen LogP contribution is 2.36. The lowest BCUT2D eigenvalue weighted by molar-refractivity contribution is -0.386. The molecule has 25 heavy (non-hydrogen) atoms. The van der Waals surface area contributed by atoms with Crippen molar-refractivity contribution in [3.8, 4) is 0 Å². The minimum absolute atomic E-state index is 0.0265. The molecule has 0 heterocycles. The van der Waals surface area contributed by atoms with Crippen LogP contribution in [-0.2, 0) is 9.59 Å². The van der Waals surface area contributed by atoms with Gasteiger partial charge in [-0.2, -0.15) is 0 Å². The average Bonchev–Trinajstić information content (AvgIpc) is 2.63. The largest absolute Gasteiger partial charge is 0.307 e. The molecule has 0 saturated carbocycles. The molecule has 0 radical (unpaired) electrons. The van der Waals surface area contributed by atoms with Crippen LogP contribution in [0.4, 0.5) is 11.4 Å². The Labute approximate surface area is 141 Å². The van der Waals surface area contributed by atoms with Crippen molar-refractivity contribution in [1.82, 2.24) is 0 Å². The van der Waals surface area contributed by atoms with Crippen LogP contribution in [0.5, 0.6) is 0 Å².